The molecule has 2 nitrogen and oxygen atoms in total. The molecule has 1 heterocycles. The second kappa shape index (κ2) is 6.33. The van der Waals surface area contributed by atoms with Crippen molar-refractivity contribution in [3.8, 4) is 0 Å². The van der Waals surface area contributed by atoms with Crippen LogP contribution in [0.1, 0.15) is 18.9 Å². The first-order valence-corrected chi connectivity index (χ1v) is 6.38. The maximum atomic E-state index is 5.68. The molecular weight excluding hydrogens is 275 g/mol. The lowest BCUT2D eigenvalue weighted by molar-refractivity contribution is 0.595. The fourth-order valence-electron chi connectivity index (χ4n) is 1.28. The lowest BCUT2D eigenvalue weighted by Gasteiger charge is -2.13. The molecule has 0 spiro atoms. The van der Waals surface area contributed by atoms with Gasteiger partial charge in [0.05, 0.1) is 0 Å². The fourth-order valence-corrected chi connectivity index (χ4v) is 2.10. The van der Waals surface area contributed by atoms with E-state index in [9.17, 15) is 0 Å². The molecule has 0 fully saturated rings. The summed E-state index contributed by atoms with van der Waals surface area (Å²) in [4.78, 5) is 4.32. The molecule has 0 saturated heterocycles. The van der Waals surface area contributed by atoms with Gasteiger partial charge in [-0.15, -0.1) is 11.6 Å². The Morgan fingerprint density at radius 1 is 1.60 bits per heavy atom. The van der Waals surface area contributed by atoms with Crippen molar-refractivity contribution in [1.29, 1.82) is 0 Å². The van der Waals surface area contributed by atoms with Crippen molar-refractivity contribution in [3.05, 3.63) is 22.3 Å². The quantitative estimate of drug-likeness (QED) is 0.834. The minimum absolute atomic E-state index is 0.576. The first-order chi connectivity index (χ1) is 7.13. The lowest BCUT2D eigenvalue weighted by Crippen LogP contribution is -2.13. The Labute approximate surface area is 105 Å². The maximum Gasteiger partial charge on any atom is 0.128 e. The number of aryl methyl sites for hydroxylation is 1. The van der Waals surface area contributed by atoms with Crippen LogP contribution in [-0.4, -0.2) is 17.4 Å². The highest BCUT2D eigenvalue weighted by atomic mass is 79.9. The van der Waals surface area contributed by atoms with Crippen LogP contribution in [0.15, 0.2) is 16.7 Å². The van der Waals surface area contributed by atoms with E-state index in [0.717, 1.165) is 34.7 Å². The maximum absolute atomic E-state index is 5.68. The molecule has 0 aliphatic rings. The molecule has 1 N–H and O–H groups in total. The number of hydrogen-bond donors (Lipinski definition) is 1. The Kier molecular flexibility index (Phi) is 5.40. The molecule has 15 heavy (non-hydrogen) atoms. The van der Waals surface area contributed by atoms with Crippen molar-refractivity contribution in [2.45, 2.75) is 20.3 Å². The van der Waals surface area contributed by atoms with E-state index in [1.165, 1.54) is 0 Å². The van der Waals surface area contributed by atoms with Gasteiger partial charge >= 0.3 is 0 Å². The number of halogens is 2. The number of anilines is 1. The molecule has 1 unspecified atom stereocenters. The molecule has 1 aromatic heterocycles. The largest absolute Gasteiger partial charge is 0.370 e. The number of hydrogen-bond acceptors (Lipinski definition) is 2. The smallest absolute Gasteiger partial charge is 0.128 e. The third-order valence-electron chi connectivity index (χ3n) is 2.26. The van der Waals surface area contributed by atoms with Crippen molar-refractivity contribution in [3.63, 3.8) is 0 Å². The average Bonchev–Trinajstić information content (AvgIpc) is 2.17. The van der Waals surface area contributed by atoms with Gasteiger partial charge in [0.25, 0.3) is 0 Å². The van der Waals surface area contributed by atoms with Crippen molar-refractivity contribution < 1.29 is 0 Å². The van der Waals surface area contributed by atoms with E-state index in [1.54, 1.807) is 0 Å². The minimum Gasteiger partial charge on any atom is -0.370 e. The van der Waals surface area contributed by atoms with Crippen molar-refractivity contribution >= 4 is 33.3 Å². The van der Waals surface area contributed by atoms with Crippen LogP contribution < -0.4 is 5.32 Å². The predicted molar refractivity (Wildman–Crippen MR) is 69.7 cm³/mol. The number of nitrogens with zero attached hydrogens (tertiary/aromatic N) is 1. The van der Waals surface area contributed by atoms with Gasteiger partial charge in [-0.25, -0.2) is 4.98 Å². The molecule has 0 aliphatic heterocycles. The van der Waals surface area contributed by atoms with E-state index in [1.807, 2.05) is 13.1 Å². The third-order valence-corrected chi connectivity index (χ3v) is 2.92. The van der Waals surface area contributed by atoms with Gasteiger partial charge in [0.15, 0.2) is 0 Å². The molecule has 1 aromatic rings. The van der Waals surface area contributed by atoms with Crippen molar-refractivity contribution in [2.75, 3.05) is 17.7 Å². The molecule has 1 atom stereocenters. The Morgan fingerprint density at radius 3 is 2.93 bits per heavy atom. The second-order valence-corrected chi connectivity index (χ2v) is 5.08. The summed E-state index contributed by atoms with van der Waals surface area (Å²) in [5.74, 6) is 2.25. The summed E-state index contributed by atoms with van der Waals surface area (Å²) in [5.41, 5.74) is 1.16. The summed E-state index contributed by atoms with van der Waals surface area (Å²) in [6.45, 7) is 5.15. The Morgan fingerprint density at radius 2 is 2.33 bits per heavy atom. The number of rotatable bonds is 5. The number of aromatic nitrogens is 1. The summed E-state index contributed by atoms with van der Waals surface area (Å²) >= 11 is 9.07. The second-order valence-electron chi connectivity index (χ2n) is 3.78. The normalized spacial score (nSPS) is 12.5. The highest BCUT2D eigenvalue weighted by Crippen LogP contribution is 2.17. The van der Waals surface area contributed by atoms with E-state index in [2.05, 4.69) is 39.2 Å². The van der Waals surface area contributed by atoms with Gasteiger partial charge in [0, 0.05) is 23.1 Å². The van der Waals surface area contributed by atoms with Crippen molar-refractivity contribution in [1.82, 2.24) is 4.98 Å². The van der Waals surface area contributed by atoms with Crippen molar-refractivity contribution in [2.24, 2.45) is 5.92 Å². The molecule has 0 saturated carbocycles. The molecular formula is C11H16BrClN2. The van der Waals surface area contributed by atoms with Crippen LogP contribution in [0, 0.1) is 12.8 Å². The molecule has 0 aromatic carbocycles. The topological polar surface area (TPSA) is 24.9 Å². The average molecular weight is 292 g/mol. The minimum atomic E-state index is 0.576. The summed E-state index contributed by atoms with van der Waals surface area (Å²) in [6, 6.07) is 2.06. The third kappa shape index (κ3) is 4.39. The Bertz CT molecular complexity index is 317. The number of alkyl halides is 1. The first-order valence-electron chi connectivity index (χ1n) is 5.05. The molecule has 0 amide bonds. The highest BCUT2D eigenvalue weighted by molar-refractivity contribution is 9.10. The van der Waals surface area contributed by atoms with Crippen LogP contribution in [0.4, 0.5) is 5.82 Å². The van der Waals surface area contributed by atoms with Crippen LogP contribution in [-0.2, 0) is 0 Å². The molecule has 0 radical (unpaired) electrons. The molecule has 84 valence electrons. The van der Waals surface area contributed by atoms with Gasteiger partial charge in [-0.05, 0) is 46.8 Å². The first kappa shape index (κ1) is 12.8. The van der Waals surface area contributed by atoms with Crippen LogP contribution in [0.2, 0.25) is 0 Å². The molecule has 4 heteroatoms. The van der Waals surface area contributed by atoms with E-state index in [-0.39, 0.29) is 0 Å². The number of pyridine rings is 1. The lowest BCUT2D eigenvalue weighted by atomic mass is 10.1. The van der Waals surface area contributed by atoms with Gasteiger partial charge in [-0.2, -0.15) is 0 Å². The molecule has 0 bridgehead atoms. The fraction of sp³-hybridized carbons (Fsp3) is 0.545. The van der Waals surface area contributed by atoms with Gasteiger partial charge < -0.3 is 5.32 Å². The van der Waals surface area contributed by atoms with Gasteiger partial charge in [-0.1, -0.05) is 6.92 Å². The highest BCUT2D eigenvalue weighted by Gasteiger charge is 2.03. The van der Waals surface area contributed by atoms with Crippen LogP contribution in [0.25, 0.3) is 0 Å². The molecule has 0 aliphatic carbocycles. The number of nitrogens with one attached hydrogen (secondary N) is 1. The van der Waals surface area contributed by atoms with Gasteiger partial charge in [0.2, 0.25) is 0 Å². The van der Waals surface area contributed by atoms with Crippen LogP contribution >= 0.6 is 27.5 Å². The van der Waals surface area contributed by atoms with E-state index >= 15 is 0 Å². The van der Waals surface area contributed by atoms with E-state index < -0.39 is 0 Å². The Hall–Kier alpha value is -0.280. The summed E-state index contributed by atoms with van der Waals surface area (Å²) in [5, 5.41) is 3.33. The van der Waals surface area contributed by atoms with Gasteiger partial charge in [-0.3, -0.25) is 0 Å². The van der Waals surface area contributed by atoms with E-state index in [4.69, 9.17) is 11.6 Å². The summed E-state index contributed by atoms with van der Waals surface area (Å²) < 4.78 is 1.01. The van der Waals surface area contributed by atoms with E-state index in [0.29, 0.717) is 5.92 Å². The Balaban J connectivity index is 2.50. The zero-order chi connectivity index (χ0) is 11.3. The van der Waals surface area contributed by atoms with Gasteiger partial charge in [0.1, 0.15) is 5.82 Å². The standard InChI is InChI=1S/C11H16BrClN2/c1-8(3-4-13)6-14-11-9(2)5-10(12)7-15-11/h5,7-8H,3-4,6H2,1-2H3,(H,14,15). The van der Waals surface area contributed by atoms with Crippen LogP contribution in [0.3, 0.4) is 0 Å². The summed E-state index contributed by atoms with van der Waals surface area (Å²) in [6.07, 6.45) is 2.84. The van der Waals surface area contributed by atoms with Crippen LogP contribution in [0.5, 0.6) is 0 Å². The zero-order valence-electron chi connectivity index (χ0n) is 9.06. The summed E-state index contributed by atoms with van der Waals surface area (Å²) in [7, 11) is 0. The zero-order valence-corrected chi connectivity index (χ0v) is 11.4. The SMILES string of the molecule is Cc1cc(Br)cnc1NCC(C)CCCl. The predicted octanol–water partition coefficient (Wildman–Crippen LogP) is 3.83. The molecule has 1 rings (SSSR count). The monoisotopic (exact) mass is 290 g/mol.